The third-order valence-corrected chi connectivity index (χ3v) is 1.06. The molecule has 0 rings (SSSR count). The molecule has 0 aliphatic heterocycles. The van der Waals surface area contributed by atoms with Gasteiger partial charge < -0.3 is 27.4 Å². The Labute approximate surface area is 123 Å². The normalized spacial score (nSPS) is 6.44. The van der Waals surface area contributed by atoms with Crippen LogP contribution in [0.2, 0.25) is 0 Å². The van der Waals surface area contributed by atoms with E-state index in [4.69, 9.17) is 6.58 Å². The topological polar surface area (TPSA) is 0 Å². The van der Waals surface area contributed by atoms with E-state index in [0.717, 1.165) is 19.3 Å². The zero-order chi connectivity index (χ0) is 12.9. The second-order valence-corrected chi connectivity index (χ2v) is 2.89. The Kier molecular flexibility index (Phi) is 108. The predicted octanol–water partition coefficient (Wildman–Crippen LogP) is 5.48. The van der Waals surface area contributed by atoms with Crippen LogP contribution in [0, 0.1) is 27.4 Å². The van der Waals surface area contributed by atoms with E-state index in [1.165, 1.54) is 25.3 Å². The summed E-state index contributed by atoms with van der Waals surface area (Å²) in [6, 6.07) is 0. The Bertz CT molecular complexity index is 44.9. The molecule has 16 heavy (non-hydrogen) atoms. The number of rotatable bonds is 3. The van der Waals surface area contributed by atoms with E-state index in [1.807, 2.05) is 0 Å². The smallest absolute Gasteiger partial charge is 0.518 e. The van der Waals surface area contributed by atoms with Gasteiger partial charge in [0.15, 0.2) is 0 Å². The van der Waals surface area contributed by atoms with Gasteiger partial charge in [-0.25, -0.2) is 0 Å². The van der Waals surface area contributed by atoms with Gasteiger partial charge in [0.1, 0.15) is 0 Å². The largest absolute Gasteiger partial charge is 4.00 e. The molecule has 0 unspecified atom stereocenters. The Balaban J connectivity index is -0.0000000331. The average Bonchev–Trinajstić information content (AvgIpc) is 2.30. The molecule has 0 saturated carbocycles. The van der Waals surface area contributed by atoms with Crippen LogP contribution in [-0.4, -0.2) is 23.9 Å². The molecule has 0 heterocycles. The van der Waals surface area contributed by atoms with Crippen LogP contribution >= 0.6 is 0 Å². The fraction of sp³-hybridized carbons (Fsp3) is 0.667. The minimum absolute atomic E-state index is 0. The van der Waals surface area contributed by atoms with E-state index in [1.54, 1.807) is 6.92 Å². The molecule has 0 aromatic carbocycles. The van der Waals surface area contributed by atoms with Crippen molar-refractivity contribution in [2.24, 2.45) is 0 Å². The first-order chi connectivity index (χ1) is 7.16. The molecule has 0 fully saturated rings. The average molecular weight is 331 g/mol. The number of unbranched alkanes of at least 4 members (excludes halogenated alkanes) is 3. The van der Waals surface area contributed by atoms with Gasteiger partial charge in [0, 0.05) is 0 Å². The zero-order valence-corrected chi connectivity index (χ0v) is 14.9. The van der Waals surface area contributed by atoms with Crippen LogP contribution in [0.5, 0.6) is 0 Å². The molecule has 0 bridgehead atoms. The quantitative estimate of drug-likeness (QED) is 0.475. The van der Waals surface area contributed by atoms with Crippen LogP contribution in [-0.2, 0) is 0 Å². The minimum atomic E-state index is 0. The summed E-state index contributed by atoms with van der Waals surface area (Å²) in [5, 5.41) is 0. The summed E-state index contributed by atoms with van der Waals surface area (Å²) in [6.07, 6.45) is 8.33. The third-order valence-electron chi connectivity index (χ3n) is 1.06. The molecule has 0 aromatic rings. The van der Waals surface area contributed by atoms with E-state index in [0.29, 0.717) is 0 Å². The fourth-order valence-electron chi connectivity index (χ4n) is 0. The van der Waals surface area contributed by atoms with Crippen molar-refractivity contribution in [1.82, 2.24) is 0 Å². The Morgan fingerprint density at radius 1 is 0.812 bits per heavy atom. The maximum atomic E-state index is 4.72. The van der Waals surface area contributed by atoms with Gasteiger partial charge in [-0.15, -0.1) is 0 Å². The van der Waals surface area contributed by atoms with Crippen LogP contribution < -0.4 is 0 Å². The van der Waals surface area contributed by atoms with E-state index >= 15 is 0 Å². The molecule has 0 aliphatic carbocycles. The maximum Gasteiger partial charge on any atom is 4.00 e. The van der Waals surface area contributed by atoms with E-state index in [9.17, 15) is 0 Å². The first-order valence-electron chi connectivity index (χ1n) is 6.03. The van der Waals surface area contributed by atoms with Crippen molar-refractivity contribution in [3.05, 3.63) is 33.4 Å². The van der Waals surface area contributed by atoms with Gasteiger partial charge >= 0.3 is 23.9 Å². The molecule has 1 heteroatoms. The molecule has 0 atom stereocenters. The van der Waals surface area contributed by atoms with Crippen molar-refractivity contribution in [1.29, 1.82) is 0 Å². The molecule has 0 amide bonds. The molecular formula is C15H32Sn. The van der Waals surface area contributed by atoms with Crippen molar-refractivity contribution in [2.45, 2.75) is 66.2 Å². The molecule has 0 nitrogen and oxygen atoms in total. The van der Waals surface area contributed by atoms with Gasteiger partial charge in [-0.1, -0.05) is 47.0 Å². The van der Waals surface area contributed by atoms with Gasteiger partial charge in [0.25, 0.3) is 0 Å². The first kappa shape index (κ1) is 30.0. The second-order valence-electron chi connectivity index (χ2n) is 2.89. The summed E-state index contributed by atoms with van der Waals surface area (Å²) >= 11 is 0. The Morgan fingerprint density at radius 3 is 0.875 bits per heavy atom. The second kappa shape index (κ2) is 57.8. The molecule has 0 radical (unpaired) electrons. The number of allylic oxidation sites excluding steroid dienone is 1. The van der Waals surface area contributed by atoms with E-state index in [-0.39, 0.29) is 23.9 Å². The molecule has 0 N–H and O–H groups in total. The Morgan fingerprint density at radius 2 is 0.875 bits per heavy atom. The monoisotopic (exact) mass is 332 g/mol. The fourth-order valence-corrected chi connectivity index (χ4v) is 0. The number of hydrogen-bond donors (Lipinski definition) is 0. The predicted molar refractivity (Wildman–Crippen MR) is 81.1 cm³/mol. The summed E-state index contributed by atoms with van der Waals surface area (Å²) in [4.78, 5) is 0. The van der Waals surface area contributed by atoms with Crippen molar-refractivity contribution >= 4 is 23.9 Å². The molecular weight excluding hydrogens is 299 g/mol. The van der Waals surface area contributed by atoms with Gasteiger partial charge in [0.2, 0.25) is 0 Å². The van der Waals surface area contributed by atoms with E-state index in [2.05, 4.69) is 41.5 Å². The summed E-state index contributed by atoms with van der Waals surface area (Å²) in [7, 11) is 0. The molecule has 0 aliphatic rings. The maximum absolute atomic E-state index is 4.72. The van der Waals surface area contributed by atoms with E-state index < -0.39 is 0 Å². The summed E-state index contributed by atoms with van der Waals surface area (Å²) < 4.78 is 0. The van der Waals surface area contributed by atoms with Crippen molar-refractivity contribution in [3.8, 4) is 0 Å². The van der Waals surface area contributed by atoms with Crippen LogP contribution in [0.15, 0.2) is 6.08 Å². The van der Waals surface area contributed by atoms with Crippen molar-refractivity contribution < 1.29 is 0 Å². The first-order valence-corrected chi connectivity index (χ1v) is 6.03. The van der Waals surface area contributed by atoms with Crippen LogP contribution in [0.4, 0.5) is 0 Å². The zero-order valence-electron chi connectivity index (χ0n) is 12.0. The van der Waals surface area contributed by atoms with Crippen LogP contribution in [0.3, 0.4) is 0 Å². The van der Waals surface area contributed by atoms with Crippen LogP contribution in [0.1, 0.15) is 66.2 Å². The van der Waals surface area contributed by atoms with Crippen LogP contribution in [0.25, 0.3) is 0 Å². The summed E-state index contributed by atoms with van der Waals surface area (Å²) in [5.41, 5.74) is 0. The molecule has 0 spiro atoms. The molecule has 96 valence electrons. The van der Waals surface area contributed by atoms with Gasteiger partial charge in [-0.2, -0.15) is 19.3 Å². The molecule has 0 saturated heterocycles. The third kappa shape index (κ3) is 213. The standard InChI is InChI=1S/3C4H9.C3H5.Sn/c3*1-3-4-2;1-3-2;/h3*1,3-4H2,2H3;1,3H,2H3;/q4*-1;+4. The SMILES string of the molecule is [CH-]=CC.[CH2-]CCC.[CH2-]CCC.[CH2-]CCC.[Sn+4]. The Hall–Kier alpha value is 0.539. The summed E-state index contributed by atoms with van der Waals surface area (Å²) in [5.74, 6) is 0. The van der Waals surface area contributed by atoms with Gasteiger partial charge in [-0.3, -0.25) is 6.08 Å². The summed E-state index contributed by atoms with van der Waals surface area (Å²) in [6.45, 7) is 23.7. The van der Waals surface area contributed by atoms with Crippen molar-refractivity contribution in [2.75, 3.05) is 0 Å². The number of hydrogen-bond acceptors (Lipinski definition) is 0. The van der Waals surface area contributed by atoms with Gasteiger partial charge in [-0.05, 0) is 0 Å². The van der Waals surface area contributed by atoms with Crippen molar-refractivity contribution in [3.63, 3.8) is 0 Å². The molecule has 0 aromatic heterocycles. The minimum Gasteiger partial charge on any atom is -0.518 e. The van der Waals surface area contributed by atoms with Gasteiger partial charge in [0.05, 0.1) is 0 Å².